The molecule has 0 saturated heterocycles. The number of carbonyl (C=O) groups is 1. The summed E-state index contributed by atoms with van der Waals surface area (Å²) >= 11 is 3.04. The van der Waals surface area contributed by atoms with Crippen LogP contribution in [0.3, 0.4) is 0 Å². The average molecular weight is 300 g/mol. The van der Waals surface area contributed by atoms with Crippen LogP contribution in [0.25, 0.3) is 0 Å². The summed E-state index contributed by atoms with van der Waals surface area (Å²) in [6.07, 6.45) is 5.62. The molecule has 1 aromatic heterocycles. The second-order valence-corrected chi connectivity index (χ2v) is 6.75. The third-order valence-electron chi connectivity index (χ3n) is 3.09. The largest absolute Gasteiger partial charge is 0.382 e. The second-order valence-electron chi connectivity index (χ2n) is 4.84. The van der Waals surface area contributed by atoms with Crippen LogP contribution in [-0.2, 0) is 0 Å². The fourth-order valence-electron chi connectivity index (χ4n) is 1.86. The molecule has 1 atom stereocenters. The fraction of sp³-hybridized carbons (Fsp3) is 0.667. The molecule has 1 heterocycles. The number of hydrogen-bond acceptors (Lipinski definition) is 6. The van der Waals surface area contributed by atoms with Crippen molar-refractivity contribution in [3.05, 3.63) is 4.88 Å². The van der Waals surface area contributed by atoms with E-state index < -0.39 is 0 Å². The van der Waals surface area contributed by atoms with E-state index in [0.717, 1.165) is 10.9 Å². The number of nitrogens with zero attached hydrogens (tertiary/aromatic N) is 1. The SMILES string of the molecule is CSCC(C)NC(=O)c1sc(NC2CCC2)nc1N. The number of rotatable bonds is 6. The van der Waals surface area contributed by atoms with Gasteiger partial charge in [-0.3, -0.25) is 4.79 Å². The van der Waals surface area contributed by atoms with Crippen LogP contribution in [0, 0.1) is 0 Å². The summed E-state index contributed by atoms with van der Waals surface area (Å²) in [6.45, 7) is 1.99. The van der Waals surface area contributed by atoms with E-state index in [1.165, 1.54) is 30.6 Å². The summed E-state index contributed by atoms with van der Waals surface area (Å²) in [5.74, 6) is 1.08. The van der Waals surface area contributed by atoms with Crippen molar-refractivity contribution in [1.82, 2.24) is 10.3 Å². The highest BCUT2D eigenvalue weighted by Crippen LogP contribution is 2.29. The average Bonchev–Trinajstić information content (AvgIpc) is 2.65. The van der Waals surface area contributed by atoms with Gasteiger partial charge in [0.2, 0.25) is 0 Å². The van der Waals surface area contributed by atoms with Crippen molar-refractivity contribution in [3.8, 4) is 0 Å². The Bertz CT molecular complexity index is 445. The van der Waals surface area contributed by atoms with Gasteiger partial charge in [0.1, 0.15) is 10.7 Å². The van der Waals surface area contributed by atoms with Crippen molar-refractivity contribution in [2.75, 3.05) is 23.1 Å². The van der Waals surface area contributed by atoms with Crippen molar-refractivity contribution < 1.29 is 4.79 Å². The molecule has 1 aromatic rings. The van der Waals surface area contributed by atoms with E-state index in [9.17, 15) is 4.79 Å². The van der Waals surface area contributed by atoms with Gasteiger partial charge in [-0.2, -0.15) is 11.8 Å². The van der Waals surface area contributed by atoms with Gasteiger partial charge in [0.25, 0.3) is 5.91 Å². The maximum atomic E-state index is 12.1. The lowest BCUT2D eigenvalue weighted by molar-refractivity contribution is 0.0948. The van der Waals surface area contributed by atoms with E-state index in [1.807, 2.05) is 13.2 Å². The van der Waals surface area contributed by atoms with Crippen molar-refractivity contribution in [1.29, 1.82) is 0 Å². The van der Waals surface area contributed by atoms with E-state index in [2.05, 4.69) is 15.6 Å². The van der Waals surface area contributed by atoms with Gasteiger partial charge in [-0.25, -0.2) is 4.98 Å². The van der Waals surface area contributed by atoms with Gasteiger partial charge in [-0.15, -0.1) is 0 Å². The lowest BCUT2D eigenvalue weighted by atomic mass is 9.93. The maximum Gasteiger partial charge on any atom is 0.265 e. The smallest absolute Gasteiger partial charge is 0.265 e. The first-order valence-corrected chi connectivity index (χ1v) is 8.63. The van der Waals surface area contributed by atoms with E-state index in [1.54, 1.807) is 11.8 Å². The molecule has 4 N–H and O–H groups in total. The highest BCUT2D eigenvalue weighted by atomic mass is 32.2. The molecule has 0 bridgehead atoms. The Labute approximate surface area is 121 Å². The van der Waals surface area contributed by atoms with E-state index in [0.29, 0.717) is 16.7 Å². The second kappa shape index (κ2) is 6.47. The molecule has 1 saturated carbocycles. The molecule has 7 heteroatoms. The van der Waals surface area contributed by atoms with Gasteiger partial charge in [0, 0.05) is 17.8 Å². The third kappa shape index (κ3) is 3.76. The normalized spacial score (nSPS) is 16.7. The standard InChI is InChI=1S/C12H20N4OS2/c1-7(6-18-2)14-11(17)9-10(13)16-12(19-9)15-8-4-3-5-8/h7-8H,3-6,13H2,1-2H3,(H,14,17)(H,15,16). The third-order valence-corrected chi connectivity index (χ3v) is 4.92. The number of nitrogens with two attached hydrogens (primary N) is 1. The molecule has 0 spiro atoms. The number of nitrogens with one attached hydrogen (secondary N) is 2. The molecule has 0 aromatic carbocycles. The van der Waals surface area contributed by atoms with Crippen molar-refractivity contribution in [3.63, 3.8) is 0 Å². The van der Waals surface area contributed by atoms with Gasteiger partial charge >= 0.3 is 0 Å². The van der Waals surface area contributed by atoms with E-state index in [4.69, 9.17) is 5.73 Å². The van der Waals surface area contributed by atoms with Gasteiger partial charge < -0.3 is 16.4 Å². The summed E-state index contributed by atoms with van der Waals surface area (Å²) in [5, 5.41) is 7.01. The topological polar surface area (TPSA) is 80.0 Å². The zero-order chi connectivity index (χ0) is 13.8. The van der Waals surface area contributed by atoms with Crippen LogP contribution in [0.5, 0.6) is 0 Å². The minimum atomic E-state index is -0.127. The van der Waals surface area contributed by atoms with Crippen LogP contribution in [0.4, 0.5) is 10.9 Å². The minimum absolute atomic E-state index is 0.127. The molecule has 1 unspecified atom stereocenters. The molecule has 1 aliphatic rings. The molecular formula is C12H20N4OS2. The molecule has 2 rings (SSSR count). The zero-order valence-corrected chi connectivity index (χ0v) is 12.9. The predicted molar refractivity (Wildman–Crippen MR) is 83.1 cm³/mol. The Morgan fingerprint density at radius 2 is 2.37 bits per heavy atom. The number of hydrogen-bond donors (Lipinski definition) is 3. The number of carbonyl (C=O) groups excluding carboxylic acids is 1. The molecule has 1 fully saturated rings. The van der Waals surface area contributed by atoms with Gasteiger partial charge in [-0.1, -0.05) is 11.3 Å². The lowest BCUT2D eigenvalue weighted by Crippen LogP contribution is -2.34. The molecule has 0 radical (unpaired) electrons. The molecule has 19 heavy (non-hydrogen) atoms. The van der Waals surface area contributed by atoms with Crippen molar-refractivity contribution in [2.45, 2.75) is 38.3 Å². The molecule has 0 aliphatic heterocycles. The molecule has 5 nitrogen and oxygen atoms in total. The Hall–Kier alpha value is -0.950. The number of anilines is 2. The summed E-state index contributed by atoms with van der Waals surface area (Å²) in [5.41, 5.74) is 5.82. The highest BCUT2D eigenvalue weighted by Gasteiger charge is 2.21. The summed E-state index contributed by atoms with van der Waals surface area (Å²) in [4.78, 5) is 16.8. The Morgan fingerprint density at radius 1 is 1.63 bits per heavy atom. The number of amides is 1. The van der Waals surface area contributed by atoms with Crippen molar-refractivity contribution >= 4 is 40.0 Å². The summed E-state index contributed by atoms with van der Waals surface area (Å²) in [6, 6.07) is 0.629. The van der Waals surface area contributed by atoms with E-state index >= 15 is 0 Å². The number of thioether (sulfide) groups is 1. The maximum absolute atomic E-state index is 12.1. The summed E-state index contributed by atoms with van der Waals surface area (Å²) < 4.78 is 0. The first-order valence-electron chi connectivity index (χ1n) is 6.42. The van der Waals surface area contributed by atoms with Crippen LogP contribution in [-0.4, -0.2) is 35.0 Å². The lowest BCUT2D eigenvalue weighted by Gasteiger charge is -2.25. The van der Waals surface area contributed by atoms with Crippen molar-refractivity contribution in [2.24, 2.45) is 0 Å². The number of aromatic nitrogens is 1. The van der Waals surface area contributed by atoms with Crippen LogP contribution in [0.15, 0.2) is 0 Å². The molecule has 1 amide bonds. The Morgan fingerprint density at radius 3 is 2.95 bits per heavy atom. The highest BCUT2D eigenvalue weighted by molar-refractivity contribution is 7.98. The number of thiazole rings is 1. The van der Waals surface area contributed by atoms with Gasteiger partial charge in [0.05, 0.1) is 0 Å². The Balaban J connectivity index is 1.96. The molecular weight excluding hydrogens is 280 g/mol. The Kier molecular flexibility index (Phi) is 4.93. The quantitative estimate of drug-likeness (QED) is 0.750. The zero-order valence-electron chi connectivity index (χ0n) is 11.2. The monoisotopic (exact) mass is 300 g/mol. The fourth-order valence-corrected chi connectivity index (χ4v) is 3.31. The van der Waals surface area contributed by atoms with Gasteiger partial charge in [0.15, 0.2) is 5.13 Å². The summed E-state index contributed by atoms with van der Waals surface area (Å²) in [7, 11) is 0. The predicted octanol–water partition coefficient (Wildman–Crippen LogP) is 2.17. The first kappa shape index (κ1) is 14.5. The van der Waals surface area contributed by atoms with Crippen LogP contribution in [0.2, 0.25) is 0 Å². The molecule has 1 aliphatic carbocycles. The van der Waals surface area contributed by atoms with Gasteiger partial charge in [-0.05, 0) is 32.4 Å². The first-order chi connectivity index (χ1) is 9.10. The van der Waals surface area contributed by atoms with E-state index in [-0.39, 0.29) is 11.9 Å². The molecule has 106 valence electrons. The van der Waals surface area contributed by atoms with Crippen LogP contribution in [0.1, 0.15) is 35.9 Å². The van der Waals surface area contributed by atoms with Crippen LogP contribution >= 0.6 is 23.1 Å². The van der Waals surface area contributed by atoms with Crippen LogP contribution < -0.4 is 16.4 Å². The minimum Gasteiger partial charge on any atom is -0.382 e. The number of nitrogen functional groups attached to an aromatic ring is 1.